The number of piperidine rings is 1. The lowest BCUT2D eigenvalue weighted by Crippen LogP contribution is -2.24. The average molecular weight is 339 g/mol. The lowest BCUT2D eigenvalue weighted by molar-refractivity contribution is 0.0729. The molecule has 1 aliphatic heterocycles. The third kappa shape index (κ3) is 4.56. The van der Waals surface area contributed by atoms with Crippen LogP contribution in [0.3, 0.4) is 0 Å². The lowest BCUT2D eigenvalue weighted by Gasteiger charge is -2.23. The largest absolute Gasteiger partial charge is 0.493 e. The molecule has 0 saturated carbocycles. The molecule has 130 valence electrons. The van der Waals surface area contributed by atoms with Crippen LogP contribution in [0.2, 0.25) is 0 Å². The highest BCUT2D eigenvalue weighted by molar-refractivity contribution is 5.91. The molecule has 6 heteroatoms. The van der Waals surface area contributed by atoms with Gasteiger partial charge < -0.3 is 9.47 Å². The fourth-order valence-corrected chi connectivity index (χ4v) is 2.63. The molecule has 0 radical (unpaired) electrons. The monoisotopic (exact) mass is 339 g/mol. The predicted octanol–water partition coefficient (Wildman–Crippen LogP) is 3.13. The minimum atomic E-state index is -0.471. The number of carbonyl (C=O) groups is 1. The molecule has 0 spiro atoms. The van der Waals surface area contributed by atoms with E-state index in [1.54, 1.807) is 43.8 Å². The summed E-state index contributed by atoms with van der Waals surface area (Å²) >= 11 is 0. The van der Waals surface area contributed by atoms with Crippen molar-refractivity contribution in [1.29, 1.82) is 0 Å². The number of nitrogens with zero attached hydrogens (tertiary/aromatic N) is 3. The van der Waals surface area contributed by atoms with Crippen molar-refractivity contribution in [3.05, 3.63) is 53.9 Å². The number of ether oxygens (including phenoxy) is 2. The Kier molecular flexibility index (Phi) is 5.61. The summed E-state index contributed by atoms with van der Waals surface area (Å²) in [7, 11) is 1.54. The zero-order valence-electron chi connectivity index (χ0n) is 14.2. The van der Waals surface area contributed by atoms with Crippen LogP contribution in [0, 0.1) is 0 Å². The summed E-state index contributed by atoms with van der Waals surface area (Å²) in [5, 5.41) is 6.58. The number of pyridine rings is 1. The summed E-state index contributed by atoms with van der Waals surface area (Å²) in [6.07, 6.45) is 8.52. The quantitative estimate of drug-likeness (QED) is 0.476. The number of aromatic nitrogens is 1. The number of esters is 1. The number of rotatable bonds is 5. The van der Waals surface area contributed by atoms with Crippen LogP contribution in [0.5, 0.6) is 11.5 Å². The Labute approximate surface area is 147 Å². The number of hydrazone groups is 1. The first kappa shape index (κ1) is 17.0. The molecule has 25 heavy (non-hydrogen) atoms. The fourth-order valence-electron chi connectivity index (χ4n) is 2.63. The number of benzene rings is 1. The maximum Gasteiger partial charge on any atom is 0.345 e. The molecular formula is C19H21N3O3. The molecule has 2 aromatic rings. The summed E-state index contributed by atoms with van der Waals surface area (Å²) in [6, 6.07) is 8.71. The second-order valence-corrected chi connectivity index (χ2v) is 5.80. The topological polar surface area (TPSA) is 64.0 Å². The van der Waals surface area contributed by atoms with Crippen LogP contribution in [0.1, 0.15) is 35.2 Å². The van der Waals surface area contributed by atoms with E-state index in [1.165, 1.54) is 25.5 Å². The summed E-state index contributed by atoms with van der Waals surface area (Å²) in [6.45, 7) is 1.99. The van der Waals surface area contributed by atoms with Gasteiger partial charge in [0, 0.05) is 25.5 Å². The summed E-state index contributed by atoms with van der Waals surface area (Å²) < 4.78 is 10.8. The van der Waals surface area contributed by atoms with Gasteiger partial charge in [-0.2, -0.15) is 5.10 Å². The molecule has 3 rings (SSSR count). The Hall–Kier alpha value is -2.89. The van der Waals surface area contributed by atoms with Gasteiger partial charge in [-0.3, -0.25) is 9.99 Å². The zero-order chi connectivity index (χ0) is 17.5. The Balaban J connectivity index is 1.71. The van der Waals surface area contributed by atoms with Gasteiger partial charge in [0.05, 0.1) is 18.9 Å². The minimum absolute atomic E-state index is 0.367. The first-order chi connectivity index (χ1) is 12.3. The van der Waals surface area contributed by atoms with Crippen LogP contribution in [-0.2, 0) is 0 Å². The van der Waals surface area contributed by atoms with Crippen LogP contribution >= 0.6 is 0 Å². The van der Waals surface area contributed by atoms with Gasteiger partial charge in [-0.25, -0.2) is 4.79 Å². The molecule has 1 aromatic carbocycles. The third-order valence-electron chi connectivity index (χ3n) is 3.99. The van der Waals surface area contributed by atoms with Gasteiger partial charge in [0.2, 0.25) is 0 Å². The SMILES string of the molecule is COc1cc(C=NN2CCCCC2)ccc1OC(=O)c1cccnc1. The van der Waals surface area contributed by atoms with Crippen molar-refractivity contribution in [3.63, 3.8) is 0 Å². The van der Waals surface area contributed by atoms with Crippen LogP contribution < -0.4 is 9.47 Å². The van der Waals surface area contributed by atoms with Crippen molar-refractivity contribution in [2.75, 3.05) is 20.2 Å². The van der Waals surface area contributed by atoms with E-state index in [0.29, 0.717) is 17.1 Å². The van der Waals surface area contributed by atoms with Crippen molar-refractivity contribution in [2.45, 2.75) is 19.3 Å². The van der Waals surface area contributed by atoms with Gasteiger partial charge in [0.15, 0.2) is 11.5 Å². The standard InChI is InChI=1S/C19H21N3O3/c1-24-18-12-15(13-21-22-10-3-2-4-11-22)7-8-17(18)25-19(23)16-6-5-9-20-14-16/h5-9,12-14H,2-4,10-11H2,1H3. The highest BCUT2D eigenvalue weighted by Gasteiger charge is 2.13. The van der Waals surface area contributed by atoms with E-state index < -0.39 is 5.97 Å². The molecule has 6 nitrogen and oxygen atoms in total. The fraction of sp³-hybridized carbons (Fsp3) is 0.316. The summed E-state index contributed by atoms with van der Waals surface area (Å²) in [4.78, 5) is 16.1. The Morgan fingerprint density at radius 3 is 2.76 bits per heavy atom. The highest BCUT2D eigenvalue weighted by Crippen LogP contribution is 2.28. The molecule has 0 atom stereocenters. The van der Waals surface area contributed by atoms with Gasteiger partial charge in [-0.05, 0) is 55.2 Å². The normalized spacial score (nSPS) is 14.5. The second-order valence-electron chi connectivity index (χ2n) is 5.80. The Morgan fingerprint density at radius 1 is 1.20 bits per heavy atom. The molecule has 0 amide bonds. The number of hydrogen-bond acceptors (Lipinski definition) is 6. The van der Waals surface area contributed by atoms with Crippen molar-refractivity contribution in [1.82, 2.24) is 9.99 Å². The summed E-state index contributed by atoms with van der Waals surface area (Å²) in [5.74, 6) is 0.382. The second kappa shape index (κ2) is 8.28. The third-order valence-corrected chi connectivity index (χ3v) is 3.99. The van der Waals surface area contributed by atoms with Gasteiger partial charge in [-0.1, -0.05) is 0 Å². The van der Waals surface area contributed by atoms with E-state index >= 15 is 0 Å². The van der Waals surface area contributed by atoms with E-state index in [0.717, 1.165) is 18.7 Å². The number of methoxy groups -OCH3 is 1. The molecular weight excluding hydrogens is 318 g/mol. The Morgan fingerprint density at radius 2 is 2.04 bits per heavy atom. The van der Waals surface area contributed by atoms with Crippen molar-refractivity contribution in [2.24, 2.45) is 5.10 Å². The molecule has 2 heterocycles. The van der Waals surface area contributed by atoms with Crippen molar-refractivity contribution < 1.29 is 14.3 Å². The lowest BCUT2D eigenvalue weighted by atomic mass is 10.2. The van der Waals surface area contributed by atoms with Gasteiger partial charge in [-0.15, -0.1) is 0 Å². The smallest absolute Gasteiger partial charge is 0.345 e. The van der Waals surface area contributed by atoms with Crippen molar-refractivity contribution >= 4 is 12.2 Å². The molecule has 1 saturated heterocycles. The molecule has 0 bridgehead atoms. The molecule has 1 fully saturated rings. The van der Waals surface area contributed by atoms with Gasteiger partial charge in [0.25, 0.3) is 0 Å². The maximum atomic E-state index is 12.1. The number of carbonyl (C=O) groups excluding carboxylic acids is 1. The molecule has 0 N–H and O–H groups in total. The number of hydrogen-bond donors (Lipinski definition) is 0. The van der Waals surface area contributed by atoms with E-state index in [2.05, 4.69) is 15.1 Å². The zero-order valence-corrected chi connectivity index (χ0v) is 14.2. The predicted molar refractivity (Wildman–Crippen MR) is 95.2 cm³/mol. The van der Waals surface area contributed by atoms with E-state index in [-0.39, 0.29) is 0 Å². The van der Waals surface area contributed by atoms with Gasteiger partial charge in [0.1, 0.15) is 0 Å². The first-order valence-corrected chi connectivity index (χ1v) is 8.35. The van der Waals surface area contributed by atoms with E-state index in [9.17, 15) is 4.79 Å². The molecule has 0 aliphatic carbocycles. The van der Waals surface area contributed by atoms with Crippen LogP contribution in [0.15, 0.2) is 47.8 Å². The van der Waals surface area contributed by atoms with Crippen LogP contribution in [-0.4, -0.2) is 42.4 Å². The first-order valence-electron chi connectivity index (χ1n) is 8.35. The molecule has 1 aromatic heterocycles. The Bertz CT molecular complexity index is 741. The van der Waals surface area contributed by atoms with Crippen LogP contribution in [0.4, 0.5) is 0 Å². The van der Waals surface area contributed by atoms with E-state index in [1.807, 2.05) is 6.07 Å². The van der Waals surface area contributed by atoms with Crippen LogP contribution in [0.25, 0.3) is 0 Å². The maximum absolute atomic E-state index is 12.1. The van der Waals surface area contributed by atoms with Gasteiger partial charge >= 0.3 is 5.97 Å². The minimum Gasteiger partial charge on any atom is -0.493 e. The highest BCUT2D eigenvalue weighted by atomic mass is 16.6. The molecule has 1 aliphatic rings. The van der Waals surface area contributed by atoms with Crippen molar-refractivity contribution in [3.8, 4) is 11.5 Å². The molecule has 0 unspecified atom stereocenters. The van der Waals surface area contributed by atoms with E-state index in [4.69, 9.17) is 9.47 Å². The summed E-state index contributed by atoms with van der Waals surface area (Å²) in [5.41, 5.74) is 1.28. The average Bonchev–Trinajstić information content (AvgIpc) is 2.68.